The number of carbonyl (C=O) groups excluding carboxylic acids is 2. The van der Waals surface area contributed by atoms with Gasteiger partial charge in [-0.1, -0.05) is 6.07 Å². The van der Waals surface area contributed by atoms with Crippen LogP contribution >= 0.6 is 0 Å². The molecule has 0 atom stereocenters. The number of hydrogen-bond donors (Lipinski definition) is 4. The lowest BCUT2D eigenvalue weighted by molar-refractivity contribution is 0.101. The Morgan fingerprint density at radius 3 is 2.44 bits per heavy atom. The third-order valence-corrected chi connectivity index (χ3v) is 5.13. The molecule has 3 heterocycles. The van der Waals surface area contributed by atoms with Crippen LogP contribution in [0.4, 0.5) is 11.9 Å². The minimum atomic E-state index is -0.380. The molecule has 0 aliphatic rings. The largest absolute Gasteiger partial charge is 0.497 e. The first-order valence-corrected chi connectivity index (χ1v) is 10.3. The molecule has 0 radical (unpaired) electrons. The standard InChI is InChI=1S/C24H19N7O3/c1-34-16-8-5-14(6-9-16)18-10-7-15(13-27-18)21(32)30-24-28-19-4-2-3-17(20(19)29-24)22(33)31-23-25-11-12-26-23/h2-13H,1H3,(H2,25,26,31,33)(H2,28,29,30,32). The second-order valence-electron chi connectivity index (χ2n) is 7.29. The van der Waals surface area contributed by atoms with Crippen molar-refractivity contribution in [3.8, 4) is 17.0 Å². The molecule has 168 valence electrons. The maximum Gasteiger partial charge on any atom is 0.260 e. The smallest absolute Gasteiger partial charge is 0.260 e. The van der Waals surface area contributed by atoms with Crippen molar-refractivity contribution >= 4 is 34.7 Å². The van der Waals surface area contributed by atoms with E-state index in [0.717, 1.165) is 17.0 Å². The number of fused-ring (bicyclic) bond motifs is 1. The number of rotatable bonds is 6. The lowest BCUT2D eigenvalue weighted by Crippen LogP contribution is -2.14. The van der Waals surface area contributed by atoms with Gasteiger partial charge < -0.3 is 14.7 Å². The summed E-state index contributed by atoms with van der Waals surface area (Å²) < 4.78 is 5.17. The lowest BCUT2D eigenvalue weighted by atomic mass is 10.1. The predicted molar refractivity (Wildman–Crippen MR) is 127 cm³/mol. The SMILES string of the molecule is COc1ccc(-c2ccc(C(=O)Nc3nc4c(C(=O)Nc5ncc[nH]5)cccc4[nH]3)cn2)cc1. The number of nitrogens with zero attached hydrogens (tertiary/aromatic N) is 3. The number of carbonyl (C=O) groups is 2. The average Bonchev–Trinajstić information content (AvgIpc) is 3.53. The molecule has 34 heavy (non-hydrogen) atoms. The number of aromatic nitrogens is 5. The second-order valence-corrected chi connectivity index (χ2v) is 7.29. The summed E-state index contributed by atoms with van der Waals surface area (Å²) in [5.41, 5.74) is 3.38. The Kier molecular flexibility index (Phi) is 5.45. The maximum absolute atomic E-state index is 12.7. The quantitative estimate of drug-likeness (QED) is 0.308. The van der Waals surface area contributed by atoms with E-state index in [-0.39, 0.29) is 17.8 Å². The van der Waals surface area contributed by atoms with Crippen molar-refractivity contribution in [2.24, 2.45) is 0 Å². The number of hydrogen-bond acceptors (Lipinski definition) is 6. The highest BCUT2D eigenvalue weighted by Crippen LogP contribution is 2.22. The molecule has 5 rings (SSSR count). The Morgan fingerprint density at radius 2 is 1.74 bits per heavy atom. The average molecular weight is 453 g/mol. The number of para-hydroxylation sites is 1. The van der Waals surface area contributed by atoms with E-state index in [1.807, 2.05) is 24.3 Å². The van der Waals surface area contributed by atoms with Gasteiger partial charge in [-0.3, -0.25) is 25.2 Å². The van der Waals surface area contributed by atoms with Gasteiger partial charge in [0.1, 0.15) is 11.3 Å². The normalized spacial score (nSPS) is 10.7. The van der Waals surface area contributed by atoms with Gasteiger partial charge in [-0.2, -0.15) is 0 Å². The van der Waals surface area contributed by atoms with Gasteiger partial charge in [0.25, 0.3) is 11.8 Å². The number of amides is 2. The van der Waals surface area contributed by atoms with Crippen LogP contribution in [0.15, 0.2) is 73.2 Å². The van der Waals surface area contributed by atoms with Crippen molar-refractivity contribution in [1.82, 2.24) is 24.9 Å². The summed E-state index contributed by atoms with van der Waals surface area (Å²) in [5, 5.41) is 5.39. The summed E-state index contributed by atoms with van der Waals surface area (Å²) in [5.74, 6) is 0.555. The number of ether oxygens (including phenoxy) is 1. The topological polar surface area (TPSA) is 138 Å². The summed E-state index contributed by atoms with van der Waals surface area (Å²) in [7, 11) is 1.61. The number of benzene rings is 2. The number of anilines is 2. The molecule has 0 saturated heterocycles. The van der Waals surface area contributed by atoms with Crippen molar-refractivity contribution < 1.29 is 14.3 Å². The molecular formula is C24H19N7O3. The molecule has 0 aliphatic carbocycles. The van der Waals surface area contributed by atoms with E-state index in [1.54, 1.807) is 43.6 Å². The maximum atomic E-state index is 12.7. The summed E-state index contributed by atoms with van der Waals surface area (Å²) in [6, 6.07) is 16.1. The summed E-state index contributed by atoms with van der Waals surface area (Å²) in [6.45, 7) is 0. The molecule has 2 aromatic carbocycles. The van der Waals surface area contributed by atoms with Gasteiger partial charge >= 0.3 is 0 Å². The molecule has 10 heteroatoms. The zero-order valence-corrected chi connectivity index (χ0v) is 18.0. The fraction of sp³-hybridized carbons (Fsp3) is 0.0417. The Balaban J connectivity index is 1.32. The van der Waals surface area contributed by atoms with Crippen molar-refractivity contribution in [3.63, 3.8) is 0 Å². The van der Waals surface area contributed by atoms with Crippen molar-refractivity contribution in [2.45, 2.75) is 0 Å². The molecule has 4 N–H and O–H groups in total. The fourth-order valence-corrected chi connectivity index (χ4v) is 3.42. The van der Waals surface area contributed by atoms with Crippen LogP contribution in [0.2, 0.25) is 0 Å². The molecule has 0 bridgehead atoms. The van der Waals surface area contributed by atoms with Gasteiger partial charge in [-0.05, 0) is 48.5 Å². The number of imidazole rings is 2. The number of methoxy groups -OCH3 is 1. The number of H-pyrrole nitrogens is 2. The summed E-state index contributed by atoms with van der Waals surface area (Å²) >= 11 is 0. The third kappa shape index (κ3) is 4.19. The molecule has 0 saturated carbocycles. The highest BCUT2D eigenvalue weighted by molar-refractivity contribution is 6.11. The number of pyridine rings is 1. The fourth-order valence-electron chi connectivity index (χ4n) is 3.42. The Bertz CT molecular complexity index is 1460. The molecule has 3 aromatic heterocycles. The van der Waals surface area contributed by atoms with Crippen LogP contribution in [-0.4, -0.2) is 43.8 Å². The first-order chi connectivity index (χ1) is 16.6. The molecule has 5 aromatic rings. The van der Waals surface area contributed by atoms with E-state index in [1.165, 1.54) is 12.4 Å². The van der Waals surface area contributed by atoms with Gasteiger partial charge in [0, 0.05) is 24.2 Å². The van der Waals surface area contributed by atoms with Gasteiger partial charge in [0.05, 0.1) is 29.4 Å². The monoisotopic (exact) mass is 453 g/mol. The van der Waals surface area contributed by atoms with E-state index in [4.69, 9.17) is 4.74 Å². The molecule has 10 nitrogen and oxygen atoms in total. The van der Waals surface area contributed by atoms with Gasteiger partial charge in [-0.15, -0.1) is 0 Å². The van der Waals surface area contributed by atoms with Gasteiger partial charge in [0.2, 0.25) is 11.9 Å². The van der Waals surface area contributed by atoms with E-state index in [2.05, 4.69) is 35.6 Å². The Morgan fingerprint density at radius 1 is 0.912 bits per heavy atom. The first-order valence-electron chi connectivity index (χ1n) is 10.3. The molecular weight excluding hydrogens is 434 g/mol. The van der Waals surface area contributed by atoms with Crippen molar-refractivity contribution in [1.29, 1.82) is 0 Å². The van der Waals surface area contributed by atoms with Crippen LogP contribution in [-0.2, 0) is 0 Å². The summed E-state index contributed by atoms with van der Waals surface area (Å²) in [6.07, 6.45) is 4.65. The zero-order valence-electron chi connectivity index (χ0n) is 18.0. The minimum absolute atomic E-state index is 0.220. The van der Waals surface area contributed by atoms with E-state index < -0.39 is 0 Å². The molecule has 0 unspecified atom stereocenters. The first kappa shape index (κ1) is 20.9. The van der Waals surface area contributed by atoms with Crippen LogP contribution in [0.3, 0.4) is 0 Å². The Labute approximate surface area is 193 Å². The highest BCUT2D eigenvalue weighted by Gasteiger charge is 2.16. The van der Waals surface area contributed by atoms with Crippen molar-refractivity contribution in [3.05, 3.63) is 84.3 Å². The van der Waals surface area contributed by atoms with Gasteiger partial charge in [-0.25, -0.2) is 9.97 Å². The zero-order chi connectivity index (χ0) is 23.5. The van der Waals surface area contributed by atoms with E-state index >= 15 is 0 Å². The Hall–Kier alpha value is -4.99. The second kappa shape index (κ2) is 8.87. The van der Waals surface area contributed by atoms with Crippen LogP contribution < -0.4 is 15.4 Å². The third-order valence-electron chi connectivity index (χ3n) is 5.13. The van der Waals surface area contributed by atoms with E-state index in [9.17, 15) is 9.59 Å². The summed E-state index contributed by atoms with van der Waals surface area (Å²) in [4.78, 5) is 44.0. The number of nitrogens with one attached hydrogen (secondary N) is 4. The predicted octanol–water partition coefficient (Wildman–Crippen LogP) is 3.86. The number of aromatic amines is 2. The highest BCUT2D eigenvalue weighted by atomic mass is 16.5. The molecule has 0 spiro atoms. The van der Waals surface area contributed by atoms with Crippen LogP contribution in [0, 0.1) is 0 Å². The van der Waals surface area contributed by atoms with Crippen molar-refractivity contribution in [2.75, 3.05) is 17.7 Å². The molecule has 2 amide bonds. The van der Waals surface area contributed by atoms with Crippen LogP contribution in [0.1, 0.15) is 20.7 Å². The minimum Gasteiger partial charge on any atom is -0.497 e. The van der Waals surface area contributed by atoms with Gasteiger partial charge in [0.15, 0.2) is 0 Å². The van der Waals surface area contributed by atoms with Crippen LogP contribution in [0.25, 0.3) is 22.3 Å². The molecule has 0 aliphatic heterocycles. The molecule has 0 fully saturated rings. The van der Waals surface area contributed by atoms with E-state index in [0.29, 0.717) is 28.1 Å². The van der Waals surface area contributed by atoms with Crippen LogP contribution in [0.5, 0.6) is 5.75 Å². The lowest BCUT2D eigenvalue weighted by Gasteiger charge is -2.05.